The van der Waals surface area contributed by atoms with Crippen molar-refractivity contribution in [2.75, 3.05) is 31.1 Å². The first kappa shape index (κ1) is 19.1. The van der Waals surface area contributed by atoms with E-state index in [1.165, 1.54) is 0 Å². The van der Waals surface area contributed by atoms with Crippen molar-refractivity contribution in [2.45, 2.75) is 19.9 Å². The Hall–Kier alpha value is -3.19. The first-order valence-electron chi connectivity index (χ1n) is 9.85. The average molecular weight is 392 g/mol. The largest absolute Gasteiger partial charge is 0.478 e. The van der Waals surface area contributed by atoms with Crippen molar-refractivity contribution in [3.63, 3.8) is 0 Å². The maximum absolute atomic E-state index is 12.1. The molecule has 1 aliphatic rings. The van der Waals surface area contributed by atoms with Crippen LogP contribution < -0.4 is 10.5 Å². The van der Waals surface area contributed by atoms with E-state index in [-0.39, 0.29) is 5.56 Å². The van der Waals surface area contributed by atoms with Crippen molar-refractivity contribution in [1.29, 1.82) is 0 Å². The molecule has 150 valence electrons. The summed E-state index contributed by atoms with van der Waals surface area (Å²) in [6.45, 7) is 6.32. The second kappa shape index (κ2) is 8.05. The van der Waals surface area contributed by atoms with Crippen LogP contribution in [0.1, 0.15) is 28.4 Å². The Kier molecular flexibility index (Phi) is 5.31. The number of H-pyrrole nitrogens is 1. The van der Waals surface area contributed by atoms with E-state index in [0.29, 0.717) is 12.0 Å². The number of carbonyl (C=O) groups is 1. The summed E-state index contributed by atoms with van der Waals surface area (Å²) in [5.41, 5.74) is 4.75. The van der Waals surface area contributed by atoms with Gasteiger partial charge in [0.2, 0.25) is 0 Å². The molecule has 0 bridgehead atoms. The maximum atomic E-state index is 12.1. The van der Waals surface area contributed by atoms with Crippen LogP contribution in [0.4, 0.5) is 5.69 Å². The second-order valence-electron chi connectivity index (χ2n) is 7.37. The van der Waals surface area contributed by atoms with Crippen molar-refractivity contribution in [3.8, 4) is 0 Å². The lowest BCUT2D eigenvalue weighted by molar-refractivity contribution is 0.0697. The van der Waals surface area contributed by atoms with Crippen LogP contribution in [-0.2, 0) is 13.0 Å². The topological polar surface area (TPSA) is 89.5 Å². The van der Waals surface area contributed by atoms with Crippen molar-refractivity contribution in [2.24, 2.45) is 0 Å². The van der Waals surface area contributed by atoms with Gasteiger partial charge in [-0.3, -0.25) is 14.7 Å². The number of pyridine rings is 2. The summed E-state index contributed by atoms with van der Waals surface area (Å²) in [5.74, 6) is -0.905. The number of rotatable bonds is 5. The van der Waals surface area contributed by atoms with Gasteiger partial charge in [0.25, 0.3) is 5.56 Å². The fourth-order valence-corrected chi connectivity index (χ4v) is 3.75. The Labute approximate surface area is 168 Å². The van der Waals surface area contributed by atoms with E-state index >= 15 is 0 Å². The maximum Gasteiger partial charge on any atom is 0.335 e. The van der Waals surface area contributed by atoms with Crippen LogP contribution in [0.2, 0.25) is 0 Å². The summed E-state index contributed by atoms with van der Waals surface area (Å²) in [4.78, 5) is 35.2. The molecule has 1 aromatic carbocycles. The number of aromatic amines is 1. The molecule has 0 radical (unpaired) electrons. The summed E-state index contributed by atoms with van der Waals surface area (Å²) in [7, 11) is 0. The fraction of sp³-hybridized carbons (Fsp3) is 0.318. The van der Waals surface area contributed by atoms with Gasteiger partial charge < -0.3 is 15.0 Å². The number of aromatic carboxylic acids is 1. The number of aromatic nitrogens is 2. The molecular weight excluding hydrogens is 368 g/mol. The van der Waals surface area contributed by atoms with Crippen molar-refractivity contribution in [1.82, 2.24) is 14.9 Å². The van der Waals surface area contributed by atoms with Gasteiger partial charge in [0.15, 0.2) is 0 Å². The molecule has 2 aromatic heterocycles. The summed E-state index contributed by atoms with van der Waals surface area (Å²) in [6, 6.07) is 10.9. The first-order chi connectivity index (χ1) is 14.0. The van der Waals surface area contributed by atoms with Crippen LogP contribution in [-0.4, -0.2) is 52.1 Å². The number of nitrogens with zero attached hydrogens (tertiary/aromatic N) is 3. The second-order valence-corrected chi connectivity index (χ2v) is 7.37. The van der Waals surface area contributed by atoms with Gasteiger partial charge in [0.1, 0.15) is 0 Å². The number of fused-ring (bicyclic) bond motifs is 1. The number of aryl methyl sites for hydroxylation is 1. The van der Waals surface area contributed by atoms with Gasteiger partial charge in [-0.1, -0.05) is 6.92 Å². The van der Waals surface area contributed by atoms with Crippen LogP contribution >= 0.6 is 0 Å². The molecule has 29 heavy (non-hydrogen) atoms. The first-order valence-corrected chi connectivity index (χ1v) is 9.85. The van der Waals surface area contributed by atoms with Gasteiger partial charge in [-0.15, -0.1) is 0 Å². The predicted octanol–water partition coefficient (Wildman–Crippen LogP) is 2.51. The van der Waals surface area contributed by atoms with Crippen molar-refractivity contribution >= 4 is 22.7 Å². The minimum atomic E-state index is -0.905. The molecule has 0 spiro atoms. The Morgan fingerprint density at radius 2 is 1.86 bits per heavy atom. The Balaban J connectivity index is 1.40. The van der Waals surface area contributed by atoms with E-state index in [1.807, 2.05) is 37.4 Å². The molecule has 7 heteroatoms. The molecule has 4 rings (SSSR count). The highest BCUT2D eigenvalue weighted by Crippen LogP contribution is 2.19. The molecule has 3 heterocycles. The van der Waals surface area contributed by atoms with Crippen LogP contribution in [0.3, 0.4) is 0 Å². The van der Waals surface area contributed by atoms with Crippen LogP contribution in [0.15, 0.2) is 47.4 Å². The number of carboxylic acids is 1. The van der Waals surface area contributed by atoms with E-state index < -0.39 is 5.97 Å². The predicted molar refractivity (Wildman–Crippen MR) is 113 cm³/mol. The van der Waals surface area contributed by atoms with Crippen LogP contribution in [0, 0.1) is 0 Å². The SMILES string of the molecule is CCc1cc2ncc(CN3CCN(c4ccc(C(=O)O)cc4)CC3)cc2[nH]c1=O. The Morgan fingerprint density at radius 1 is 1.14 bits per heavy atom. The summed E-state index contributed by atoms with van der Waals surface area (Å²) in [5, 5.41) is 9.02. The minimum Gasteiger partial charge on any atom is -0.478 e. The lowest BCUT2D eigenvalue weighted by Crippen LogP contribution is -2.46. The lowest BCUT2D eigenvalue weighted by atomic mass is 10.1. The molecule has 1 aliphatic heterocycles. The fourth-order valence-electron chi connectivity index (χ4n) is 3.75. The number of anilines is 1. The van der Waals surface area contributed by atoms with Gasteiger partial charge in [-0.05, 0) is 48.4 Å². The zero-order valence-electron chi connectivity index (χ0n) is 16.4. The third kappa shape index (κ3) is 4.14. The van der Waals surface area contributed by atoms with Crippen molar-refractivity contribution in [3.05, 3.63) is 69.6 Å². The molecule has 3 aromatic rings. The van der Waals surface area contributed by atoms with Gasteiger partial charge in [-0.2, -0.15) is 0 Å². The third-order valence-electron chi connectivity index (χ3n) is 5.46. The van der Waals surface area contributed by atoms with Gasteiger partial charge in [0, 0.05) is 50.2 Å². The molecule has 1 saturated heterocycles. The van der Waals surface area contributed by atoms with Crippen molar-refractivity contribution < 1.29 is 9.90 Å². The Morgan fingerprint density at radius 3 is 2.52 bits per heavy atom. The molecule has 0 amide bonds. The van der Waals surface area contributed by atoms with Gasteiger partial charge in [-0.25, -0.2) is 4.79 Å². The number of hydrogen-bond acceptors (Lipinski definition) is 5. The monoisotopic (exact) mass is 392 g/mol. The summed E-state index contributed by atoms with van der Waals surface area (Å²) in [6.07, 6.45) is 2.58. The highest BCUT2D eigenvalue weighted by atomic mass is 16.4. The molecule has 0 aliphatic carbocycles. The van der Waals surface area contributed by atoms with E-state index in [1.54, 1.807) is 12.1 Å². The minimum absolute atomic E-state index is 0.0403. The third-order valence-corrected chi connectivity index (χ3v) is 5.46. The highest BCUT2D eigenvalue weighted by Gasteiger charge is 2.18. The summed E-state index contributed by atoms with van der Waals surface area (Å²) < 4.78 is 0. The van der Waals surface area contributed by atoms with E-state index in [2.05, 4.69) is 19.8 Å². The van der Waals surface area contributed by atoms with Crippen LogP contribution in [0.5, 0.6) is 0 Å². The van der Waals surface area contributed by atoms with Gasteiger partial charge in [0.05, 0.1) is 16.6 Å². The number of benzene rings is 1. The van der Waals surface area contributed by atoms with E-state index in [4.69, 9.17) is 5.11 Å². The lowest BCUT2D eigenvalue weighted by Gasteiger charge is -2.36. The van der Waals surface area contributed by atoms with Crippen LogP contribution in [0.25, 0.3) is 11.0 Å². The zero-order chi connectivity index (χ0) is 20.4. The molecule has 7 nitrogen and oxygen atoms in total. The zero-order valence-corrected chi connectivity index (χ0v) is 16.4. The number of nitrogens with one attached hydrogen (secondary N) is 1. The molecule has 0 saturated carbocycles. The molecule has 0 unspecified atom stereocenters. The molecule has 2 N–H and O–H groups in total. The quantitative estimate of drug-likeness (QED) is 0.694. The molecular formula is C22H24N4O3. The molecule has 1 fully saturated rings. The number of hydrogen-bond donors (Lipinski definition) is 2. The number of carboxylic acid groups (broad SMARTS) is 1. The Bertz CT molecular complexity index is 1080. The average Bonchev–Trinajstić information content (AvgIpc) is 2.74. The standard InChI is InChI=1S/C22H24N4O3/c1-2-16-12-19-20(24-21(16)27)11-15(13-23-19)14-25-7-9-26(10-8-25)18-5-3-17(4-6-18)22(28)29/h3-6,11-13H,2,7-10,14H2,1H3,(H,24,27)(H,28,29). The number of piperazine rings is 1. The van der Waals surface area contributed by atoms with E-state index in [9.17, 15) is 9.59 Å². The van der Waals surface area contributed by atoms with Gasteiger partial charge >= 0.3 is 5.97 Å². The summed E-state index contributed by atoms with van der Waals surface area (Å²) >= 11 is 0. The normalized spacial score (nSPS) is 15.0. The highest BCUT2D eigenvalue weighted by molar-refractivity contribution is 5.88. The smallest absolute Gasteiger partial charge is 0.335 e. The van der Waals surface area contributed by atoms with E-state index in [0.717, 1.165) is 60.6 Å². The molecule has 0 atom stereocenters.